The first kappa shape index (κ1) is 69.9. The topological polar surface area (TPSA) is 451 Å². The minimum atomic E-state index is -2.08. The second-order valence-electron chi connectivity index (χ2n) is 23.5. The van der Waals surface area contributed by atoms with Gasteiger partial charge in [-0.2, -0.15) is 0 Å². The van der Waals surface area contributed by atoms with Crippen LogP contribution in [0.15, 0.2) is 65.5 Å². The number of cyclic esters (lactones) is 1. The molecule has 0 radical (unpaired) electrons. The summed E-state index contributed by atoms with van der Waals surface area (Å²) in [4.78, 5) is 162. The Bertz CT molecular complexity index is 3740. The van der Waals surface area contributed by atoms with Gasteiger partial charge in [-0.05, 0) is 67.3 Å². The number of nitrogens with zero attached hydrogens (tertiary/aromatic N) is 3. The highest BCUT2D eigenvalue weighted by Gasteiger charge is 2.47. The number of imide groups is 1. The van der Waals surface area contributed by atoms with E-state index in [0.29, 0.717) is 64.7 Å². The second-order valence-corrected chi connectivity index (χ2v) is 23.5. The number of carbonyl (C=O) groups is 11. The number of aliphatic hydroxyl groups excluding tert-OH is 4. The maximum atomic E-state index is 15.0. The summed E-state index contributed by atoms with van der Waals surface area (Å²) in [5.74, 6) is -8.42. The monoisotopic (exact) mass is 1320 g/mol. The van der Waals surface area contributed by atoms with Crippen LogP contribution in [0.2, 0.25) is 0 Å². The van der Waals surface area contributed by atoms with Crippen molar-refractivity contribution in [3.63, 3.8) is 0 Å². The van der Waals surface area contributed by atoms with Gasteiger partial charge in [0.15, 0.2) is 5.60 Å². The molecule has 32 heteroatoms. The number of aromatic nitrogens is 2. The van der Waals surface area contributed by atoms with Crippen molar-refractivity contribution in [2.24, 2.45) is 0 Å². The van der Waals surface area contributed by atoms with Crippen molar-refractivity contribution < 1.29 is 96.9 Å². The van der Waals surface area contributed by atoms with Crippen LogP contribution in [0.25, 0.3) is 22.3 Å². The highest BCUT2D eigenvalue weighted by Crippen LogP contribution is 2.45. The molecule has 9 rings (SSSR count). The molecule has 0 spiro atoms. The number of pyridine rings is 2. The van der Waals surface area contributed by atoms with E-state index in [9.17, 15) is 83.1 Å². The second kappa shape index (κ2) is 31.2. The van der Waals surface area contributed by atoms with E-state index in [4.69, 9.17) is 19.2 Å². The third kappa shape index (κ3) is 16.6. The largest absolute Gasteiger partial charge is 0.458 e. The van der Waals surface area contributed by atoms with Crippen LogP contribution in [-0.4, -0.2) is 200 Å². The molecule has 0 saturated carbocycles. The van der Waals surface area contributed by atoms with Crippen LogP contribution in [0.4, 0.5) is 4.39 Å². The predicted octanol–water partition coefficient (Wildman–Crippen LogP) is -3.80. The van der Waals surface area contributed by atoms with Crippen molar-refractivity contribution in [1.29, 1.82) is 0 Å². The molecule has 95 heavy (non-hydrogen) atoms. The Kier molecular flexibility index (Phi) is 23.0. The van der Waals surface area contributed by atoms with Crippen LogP contribution >= 0.6 is 0 Å². The number of rotatable bonds is 30. The molecule has 1 aliphatic carbocycles. The third-order valence-electron chi connectivity index (χ3n) is 17.1. The Labute approximate surface area is 540 Å². The summed E-state index contributed by atoms with van der Waals surface area (Å²) in [6.07, 6.45) is -4.31. The number of aryl methyl sites for hydroxylation is 1. The van der Waals surface area contributed by atoms with E-state index in [1.54, 1.807) is 37.3 Å². The molecule has 508 valence electrons. The van der Waals surface area contributed by atoms with Crippen molar-refractivity contribution in [2.45, 2.75) is 139 Å². The van der Waals surface area contributed by atoms with Crippen molar-refractivity contribution in [3.05, 3.63) is 110 Å². The highest BCUT2D eigenvalue weighted by atomic mass is 19.1. The third-order valence-corrected chi connectivity index (χ3v) is 17.1. The molecule has 6 heterocycles. The fourth-order valence-electron chi connectivity index (χ4n) is 12.0. The summed E-state index contributed by atoms with van der Waals surface area (Å²) in [7, 11) is 0. The molecular formula is C63H74FN11O20. The lowest BCUT2D eigenvalue weighted by atomic mass is 9.83. The van der Waals surface area contributed by atoms with Crippen molar-refractivity contribution >= 4 is 75.9 Å². The van der Waals surface area contributed by atoms with Gasteiger partial charge in [0.1, 0.15) is 68.4 Å². The van der Waals surface area contributed by atoms with E-state index in [-0.39, 0.29) is 75.0 Å². The lowest BCUT2D eigenvalue weighted by Crippen LogP contribution is -2.60. The van der Waals surface area contributed by atoms with Crippen molar-refractivity contribution in [1.82, 2.24) is 57.0 Å². The first-order chi connectivity index (χ1) is 45.5. The van der Waals surface area contributed by atoms with E-state index in [1.165, 1.54) is 22.8 Å². The van der Waals surface area contributed by atoms with Crippen molar-refractivity contribution in [2.75, 3.05) is 52.7 Å². The zero-order valence-corrected chi connectivity index (χ0v) is 51.6. The zero-order valence-electron chi connectivity index (χ0n) is 51.6. The number of carbonyl (C=O) groups excluding carboxylic acids is 11. The van der Waals surface area contributed by atoms with E-state index in [0.717, 1.165) is 17.1 Å². The number of hydrogen-bond donors (Lipinski definition) is 13. The maximum Gasteiger partial charge on any atom is 0.343 e. The van der Waals surface area contributed by atoms with Crippen LogP contribution in [0.5, 0.6) is 0 Å². The van der Waals surface area contributed by atoms with Crippen LogP contribution in [-0.2, 0) is 98.5 Å². The lowest BCUT2D eigenvalue weighted by molar-refractivity contribution is -0.227. The highest BCUT2D eigenvalue weighted by molar-refractivity contribution is 6.12. The average Bonchev–Trinajstić information content (AvgIpc) is 1.62. The number of hydrogen-bond acceptors (Lipinski definition) is 21. The van der Waals surface area contributed by atoms with Crippen LogP contribution in [0.1, 0.15) is 97.7 Å². The number of ether oxygens (including phenoxy) is 3. The average molecular weight is 1320 g/mol. The molecule has 1 fully saturated rings. The molecule has 2 aromatic carbocycles. The summed E-state index contributed by atoms with van der Waals surface area (Å²) in [6.45, 7) is -2.74. The molecule has 9 atom stereocenters. The van der Waals surface area contributed by atoms with Gasteiger partial charge < -0.3 is 86.8 Å². The number of fused-ring (bicyclic) bond motifs is 5. The predicted molar refractivity (Wildman–Crippen MR) is 326 cm³/mol. The Morgan fingerprint density at radius 1 is 0.758 bits per heavy atom. The minimum absolute atomic E-state index is 0.0185. The molecule has 10 amide bonds. The Balaban J connectivity index is 0.734. The fraction of sp³-hybridized carbons (Fsp3) is 0.476. The van der Waals surface area contributed by atoms with Gasteiger partial charge in [-0.15, -0.1) is 0 Å². The molecule has 0 bridgehead atoms. The maximum absolute atomic E-state index is 15.0. The molecule has 5 aliphatic rings. The van der Waals surface area contributed by atoms with Crippen molar-refractivity contribution in [3.8, 4) is 11.4 Å². The number of benzene rings is 2. The van der Waals surface area contributed by atoms with Gasteiger partial charge in [0.25, 0.3) is 17.4 Å². The van der Waals surface area contributed by atoms with Gasteiger partial charge in [-0.25, -0.2) is 14.2 Å². The van der Waals surface area contributed by atoms with Crippen LogP contribution in [0, 0.1) is 5.82 Å². The summed E-state index contributed by atoms with van der Waals surface area (Å²) in [6, 6.07) is 9.32. The first-order valence-corrected chi connectivity index (χ1v) is 31.0. The van der Waals surface area contributed by atoms with E-state index >= 15 is 4.39 Å². The molecule has 4 aliphatic heterocycles. The summed E-state index contributed by atoms with van der Waals surface area (Å²) < 4.78 is 32.6. The molecule has 1 saturated heterocycles. The molecule has 13 N–H and O–H groups in total. The number of amides is 10. The quantitative estimate of drug-likeness (QED) is 0.00907. The minimum Gasteiger partial charge on any atom is -0.458 e. The smallest absolute Gasteiger partial charge is 0.343 e. The summed E-state index contributed by atoms with van der Waals surface area (Å²) in [5.41, 5.74) is 0.967. The normalized spacial score (nSPS) is 21.3. The molecular weight excluding hydrogens is 1250 g/mol. The number of unbranched alkanes of at least 4 members (excludes halogenated alkanes) is 2. The fourth-order valence-corrected chi connectivity index (χ4v) is 12.0. The van der Waals surface area contributed by atoms with Gasteiger partial charge in [0.2, 0.25) is 47.3 Å². The van der Waals surface area contributed by atoms with Gasteiger partial charge in [0, 0.05) is 67.1 Å². The Morgan fingerprint density at radius 2 is 1.44 bits per heavy atom. The SMILES string of the molecule is CC[C@@]1(O)C(=O)OCc2c1cc1n(c2=O)Cc2c-1nc1cc(F)cc3c1c2[C@@H](NC(=O)COCNC(=O)CNC(=O)[C@H](Cc1ccccc1)NC(=O)CNC(=O)CNC(=O)C(CCC(=O)NC[C@@H]1O[C@H](CO)[C@@H](O)[C@H](O)[C@H]1O)NC(=O)CCCCCN1C(=O)C=CC1=O)CC3. The summed E-state index contributed by atoms with van der Waals surface area (Å²) in [5, 5.41) is 72.1. The number of esters is 1. The van der Waals surface area contributed by atoms with E-state index < -0.39 is 177 Å². The van der Waals surface area contributed by atoms with Gasteiger partial charge >= 0.3 is 5.97 Å². The van der Waals surface area contributed by atoms with Crippen LogP contribution in [0.3, 0.4) is 0 Å². The Morgan fingerprint density at radius 3 is 2.16 bits per heavy atom. The first-order valence-electron chi connectivity index (χ1n) is 31.0. The van der Waals surface area contributed by atoms with E-state index in [1.807, 2.05) is 0 Å². The van der Waals surface area contributed by atoms with Crippen LogP contribution < -0.4 is 48.1 Å². The van der Waals surface area contributed by atoms with Gasteiger partial charge in [0.05, 0.1) is 61.3 Å². The van der Waals surface area contributed by atoms with Gasteiger partial charge in [-0.3, -0.25) is 57.6 Å². The standard InChI is InChI=1S/C63H74FN11O20/c1-2-63(92)37-22-42-55-35(27-75(42)61(90)36(37)29-94-62(63)91)54-38(13-12-33-20-34(64)21-40(73-55)53(33)54)70-50(82)30-93-31-69-48(80)25-68-60(89)41(19-32-9-5-3-6-10-32)72-49(81)26-66-47(79)24-67-59(88)39(71-46(78)11-7-4-8-18-74-51(83)16-17-52(74)84)14-15-45(77)65-23-43-56(85)58(87)57(86)44(28-76)95-43/h3,5-6,9-10,16-17,20-22,38-39,41,43-44,56-58,76,85-87,92H,2,4,7-8,11-15,18-19,23-31H2,1H3,(H,65,77)(H,66,79)(H,67,88)(H,68,89)(H,69,80)(H,70,82)(H,71,78)(H,72,81)/t38-,39?,41-,43-,44+,56-,57+,58+,63-/m0/s1. The Hall–Kier alpha value is -9.44. The zero-order chi connectivity index (χ0) is 68.3. The molecule has 4 aromatic rings. The summed E-state index contributed by atoms with van der Waals surface area (Å²) >= 11 is 0. The molecule has 2 aromatic heterocycles. The molecule has 1 unspecified atom stereocenters. The number of halogens is 1. The number of nitrogens with one attached hydrogen (secondary N) is 8. The van der Waals surface area contributed by atoms with Gasteiger partial charge in [-0.1, -0.05) is 43.7 Å². The molecule has 31 nitrogen and oxygen atoms in total. The van der Waals surface area contributed by atoms with E-state index in [2.05, 4.69) is 42.5 Å². The number of aliphatic hydroxyl groups is 5. The lowest BCUT2D eigenvalue weighted by Gasteiger charge is -2.40.